The zero-order chi connectivity index (χ0) is 18.4. The van der Waals surface area contributed by atoms with E-state index in [0.717, 1.165) is 37.2 Å². The molecule has 0 saturated carbocycles. The van der Waals surface area contributed by atoms with Crippen LogP contribution in [0.2, 0.25) is 0 Å². The van der Waals surface area contributed by atoms with Gasteiger partial charge in [-0.3, -0.25) is 9.59 Å². The molecule has 0 bridgehead atoms. The van der Waals surface area contributed by atoms with Crippen molar-refractivity contribution in [1.82, 2.24) is 10.2 Å². The maximum atomic E-state index is 12.9. The summed E-state index contributed by atoms with van der Waals surface area (Å²) < 4.78 is 5.16. The van der Waals surface area contributed by atoms with Crippen LogP contribution in [-0.4, -0.2) is 36.9 Å². The normalized spacial score (nSPS) is 14.2. The number of carbonyl (C=O) groups is 2. The van der Waals surface area contributed by atoms with Crippen LogP contribution in [-0.2, 0) is 4.79 Å². The molecule has 0 spiro atoms. The van der Waals surface area contributed by atoms with Crippen molar-refractivity contribution >= 4 is 17.9 Å². The molecule has 1 aliphatic rings. The van der Waals surface area contributed by atoms with E-state index in [9.17, 15) is 9.59 Å². The molecule has 1 heterocycles. The lowest BCUT2D eigenvalue weighted by atomic mass is 10.1. The summed E-state index contributed by atoms with van der Waals surface area (Å²) in [6, 6.07) is 16.2. The molecular weight excluding hydrogens is 328 g/mol. The minimum atomic E-state index is -0.294. The van der Waals surface area contributed by atoms with E-state index in [0.29, 0.717) is 5.56 Å². The zero-order valence-corrected chi connectivity index (χ0v) is 14.8. The van der Waals surface area contributed by atoms with E-state index in [1.165, 1.54) is 0 Å². The summed E-state index contributed by atoms with van der Waals surface area (Å²) in [7, 11) is 1.60. The molecule has 0 atom stereocenters. The summed E-state index contributed by atoms with van der Waals surface area (Å²) >= 11 is 0. The van der Waals surface area contributed by atoms with Crippen LogP contribution < -0.4 is 10.1 Å². The second-order valence-corrected chi connectivity index (χ2v) is 6.15. The van der Waals surface area contributed by atoms with Gasteiger partial charge in [-0.05, 0) is 48.7 Å². The Balaban J connectivity index is 1.86. The molecule has 26 heavy (non-hydrogen) atoms. The molecule has 1 aliphatic heterocycles. The van der Waals surface area contributed by atoms with Crippen LogP contribution in [0, 0.1) is 0 Å². The summed E-state index contributed by atoms with van der Waals surface area (Å²) in [5.74, 6) is 0.295. The third kappa shape index (κ3) is 4.30. The molecule has 0 unspecified atom stereocenters. The number of benzene rings is 2. The van der Waals surface area contributed by atoms with Gasteiger partial charge in [-0.25, -0.2) is 0 Å². The fourth-order valence-electron chi connectivity index (χ4n) is 2.89. The van der Waals surface area contributed by atoms with Crippen molar-refractivity contribution in [3.05, 3.63) is 71.4 Å². The maximum absolute atomic E-state index is 12.9. The molecule has 2 aromatic carbocycles. The van der Waals surface area contributed by atoms with Crippen molar-refractivity contribution < 1.29 is 14.3 Å². The number of carbonyl (C=O) groups excluding carboxylic acids is 2. The Bertz CT molecular complexity index is 792. The number of amides is 2. The number of nitrogens with one attached hydrogen (secondary N) is 1. The van der Waals surface area contributed by atoms with Crippen molar-refractivity contribution in [2.24, 2.45) is 0 Å². The minimum Gasteiger partial charge on any atom is -0.497 e. The van der Waals surface area contributed by atoms with Crippen LogP contribution in [0.3, 0.4) is 0 Å². The van der Waals surface area contributed by atoms with E-state index in [-0.39, 0.29) is 17.5 Å². The molecule has 0 aliphatic carbocycles. The van der Waals surface area contributed by atoms with Crippen molar-refractivity contribution in [3.8, 4) is 5.75 Å². The van der Waals surface area contributed by atoms with Gasteiger partial charge in [0.25, 0.3) is 11.8 Å². The lowest BCUT2D eigenvalue weighted by molar-refractivity contribution is -0.126. The summed E-state index contributed by atoms with van der Waals surface area (Å²) in [5, 5.41) is 2.79. The molecular formula is C21H22N2O3. The van der Waals surface area contributed by atoms with Crippen molar-refractivity contribution in [1.29, 1.82) is 0 Å². The summed E-state index contributed by atoms with van der Waals surface area (Å²) in [4.78, 5) is 27.2. The van der Waals surface area contributed by atoms with Gasteiger partial charge in [-0.1, -0.05) is 30.3 Å². The van der Waals surface area contributed by atoms with Crippen molar-refractivity contribution in [2.45, 2.75) is 12.8 Å². The second-order valence-electron chi connectivity index (χ2n) is 6.15. The number of hydrogen-bond donors (Lipinski definition) is 1. The fraction of sp³-hybridized carbons (Fsp3) is 0.238. The monoisotopic (exact) mass is 350 g/mol. The van der Waals surface area contributed by atoms with Gasteiger partial charge in [0.05, 0.1) is 7.11 Å². The molecule has 134 valence electrons. The largest absolute Gasteiger partial charge is 0.497 e. The molecule has 0 radical (unpaired) electrons. The third-order valence-corrected chi connectivity index (χ3v) is 4.33. The fourth-order valence-corrected chi connectivity index (χ4v) is 2.89. The Kier molecular flexibility index (Phi) is 5.69. The van der Waals surface area contributed by atoms with Gasteiger partial charge in [0.2, 0.25) is 0 Å². The number of likely N-dealkylation sites (tertiary alicyclic amines) is 1. The van der Waals surface area contributed by atoms with E-state index >= 15 is 0 Å². The Hall–Kier alpha value is -3.08. The molecule has 5 heteroatoms. The molecule has 5 nitrogen and oxygen atoms in total. The van der Waals surface area contributed by atoms with E-state index in [1.807, 2.05) is 30.3 Å². The first-order valence-corrected chi connectivity index (χ1v) is 8.69. The highest BCUT2D eigenvalue weighted by Gasteiger charge is 2.23. The summed E-state index contributed by atoms with van der Waals surface area (Å²) in [5.41, 5.74) is 1.62. The lowest BCUT2D eigenvalue weighted by Crippen LogP contribution is -2.36. The van der Waals surface area contributed by atoms with Gasteiger partial charge in [0.15, 0.2) is 0 Å². The molecule has 0 aromatic heterocycles. The number of rotatable bonds is 5. The molecule has 2 amide bonds. The zero-order valence-electron chi connectivity index (χ0n) is 14.8. The average molecular weight is 350 g/mol. The number of nitrogens with zero attached hydrogens (tertiary/aromatic N) is 1. The van der Waals surface area contributed by atoms with Crippen LogP contribution in [0.25, 0.3) is 6.08 Å². The number of hydrogen-bond acceptors (Lipinski definition) is 3. The number of ether oxygens (including phenoxy) is 1. The van der Waals surface area contributed by atoms with E-state index in [2.05, 4.69) is 5.32 Å². The van der Waals surface area contributed by atoms with Gasteiger partial charge in [0, 0.05) is 18.7 Å². The third-order valence-electron chi connectivity index (χ3n) is 4.33. The molecule has 1 N–H and O–H groups in total. The first kappa shape index (κ1) is 17.7. The SMILES string of the molecule is COc1ccc(/C=C(\NC(=O)c2ccccc2)C(=O)N2CCCC2)cc1. The quantitative estimate of drug-likeness (QED) is 0.843. The van der Waals surface area contributed by atoms with Gasteiger partial charge < -0.3 is 15.0 Å². The van der Waals surface area contributed by atoms with E-state index in [1.54, 1.807) is 42.4 Å². The maximum Gasteiger partial charge on any atom is 0.270 e. The summed E-state index contributed by atoms with van der Waals surface area (Å²) in [6.07, 6.45) is 3.70. The Labute approximate surface area is 153 Å². The average Bonchev–Trinajstić information content (AvgIpc) is 3.23. The highest BCUT2D eigenvalue weighted by atomic mass is 16.5. The van der Waals surface area contributed by atoms with Crippen LogP contribution in [0.5, 0.6) is 5.75 Å². The van der Waals surface area contributed by atoms with Gasteiger partial charge in [-0.2, -0.15) is 0 Å². The predicted molar refractivity (Wildman–Crippen MR) is 101 cm³/mol. The standard InChI is InChI=1S/C21H22N2O3/c1-26-18-11-9-16(10-12-18)15-19(21(25)23-13-5-6-14-23)22-20(24)17-7-3-2-4-8-17/h2-4,7-12,15H,5-6,13-14H2,1H3,(H,22,24)/b19-15-. The Morgan fingerprint density at radius 1 is 1.00 bits per heavy atom. The summed E-state index contributed by atoms with van der Waals surface area (Å²) in [6.45, 7) is 1.44. The smallest absolute Gasteiger partial charge is 0.270 e. The predicted octanol–water partition coefficient (Wildman–Crippen LogP) is 3.09. The topological polar surface area (TPSA) is 58.6 Å². The Morgan fingerprint density at radius 2 is 1.65 bits per heavy atom. The first-order valence-electron chi connectivity index (χ1n) is 8.69. The van der Waals surface area contributed by atoms with Crippen LogP contribution in [0.4, 0.5) is 0 Å². The van der Waals surface area contributed by atoms with Crippen LogP contribution >= 0.6 is 0 Å². The highest BCUT2D eigenvalue weighted by Crippen LogP contribution is 2.16. The van der Waals surface area contributed by atoms with Crippen molar-refractivity contribution in [2.75, 3.05) is 20.2 Å². The Morgan fingerprint density at radius 3 is 2.27 bits per heavy atom. The van der Waals surface area contributed by atoms with E-state index < -0.39 is 0 Å². The minimum absolute atomic E-state index is 0.150. The number of methoxy groups -OCH3 is 1. The van der Waals surface area contributed by atoms with Gasteiger partial charge in [-0.15, -0.1) is 0 Å². The molecule has 1 saturated heterocycles. The lowest BCUT2D eigenvalue weighted by Gasteiger charge is -2.18. The van der Waals surface area contributed by atoms with Crippen LogP contribution in [0.15, 0.2) is 60.3 Å². The first-order chi connectivity index (χ1) is 12.7. The molecule has 2 aromatic rings. The van der Waals surface area contributed by atoms with E-state index in [4.69, 9.17) is 4.74 Å². The van der Waals surface area contributed by atoms with Gasteiger partial charge >= 0.3 is 0 Å². The highest BCUT2D eigenvalue weighted by molar-refractivity contribution is 6.05. The van der Waals surface area contributed by atoms with Crippen molar-refractivity contribution in [3.63, 3.8) is 0 Å². The molecule has 3 rings (SSSR count). The van der Waals surface area contributed by atoms with Crippen LogP contribution in [0.1, 0.15) is 28.8 Å². The second kappa shape index (κ2) is 8.34. The molecule has 1 fully saturated rings. The van der Waals surface area contributed by atoms with Gasteiger partial charge in [0.1, 0.15) is 11.4 Å².